The van der Waals surface area contributed by atoms with E-state index in [1.54, 1.807) is 0 Å². The molecule has 2 aromatic rings. The molecule has 3 N–H and O–H groups in total. The summed E-state index contributed by atoms with van der Waals surface area (Å²) in [4.78, 5) is 11.5. The molecule has 1 aliphatic carbocycles. The summed E-state index contributed by atoms with van der Waals surface area (Å²) in [6, 6.07) is 6.69. The van der Waals surface area contributed by atoms with Crippen LogP contribution < -0.4 is 11.1 Å². The molecule has 0 saturated carbocycles. The molecule has 7 nitrogen and oxygen atoms in total. The number of aryl methyl sites for hydroxylation is 1. The van der Waals surface area contributed by atoms with Crippen molar-refractivity contribution in [3.63, 3.8) is 0 Å². The molecule has 0 amide bonds. The largest absolute Gasteiger partial charge is 0.399 e. The maximum absolute atomic E-state index is 5.92. The zero-order valence-electron chi connectivity index (χ0n) is 14.6. The molecule has 1 aromatic heterocycles. The molecule has 132 valence electrons. The van der Waals surface area contributed by atoms with Gasteiger partial charge in [-0.3, -0.25) is 9.67 Å². The van der Waals surface area contributed by atoms with Crippen molar-refractivity contribution in [3.8, 4) is 0 Å². The second-order valence-corrected chi connectivity index (χ2v) is 7.09. The highest BCUT2D eigenvalue weighted by Crippen LogP contribution is 2.29. The van der Waals surface area contributed by atoms with E-state index in [-0.39, 0.29) is 6.04 Å². The number of nitrogens with one attached hydrogen (secondary N) is 1. The van der Waals surface area contributed by atoms with Gasteiger partial charge in [0.15, 0.2) is 11.7 Å². The van der Waals surface area contributed by atoms with Gasteiger partial charge in [0, 0.05) is 42.9 Å². The lowest BCUT2D eigenvalue weighted by Crippen LogP contribution is -2.45. The van der Waals surface area contributed by atoms with Crippen molar-refractivity contribution in [1.82, 2.24) is 20.0 Å². The summed E-state index contributed by atoms with van der Waals surface area (Å²) in [6.45, 7) is 0.716. The Bertz CT molecular complexity index is 953. The highest BCUT2D eigenvalue weighted by Gasteiger charge is 2.34. The van der Waals surface area contributed by atoms with Crippen LogP contribution in [0, 0.1) is 0 Å². The summed E-state index contributed by atoms with van der Waals surface area (Å²) in [5.41, 5.74) is 10.6. The summed E-state index contributed by atoms with van der Waals surface area (Å²) >= 11 is 0. The zero-order chi connectivity index (χ0) is 17.7. The van der Waals surface area contributed by atoms with E-state index in [2.05, 4.69) is 32.4 Å². The highest BCUT2D eigenvalue weighted by atomic mass is 15.3. The summed E-state index contributed by atoms with van der Waals surface area (Å²) in [5, 5.41) is 7.89. The lowest BCUT2D eigenvalue weighted by molar-refractivity contribution is 0.456. The monoisotopic (exact) mass is 347 g/mol. The fourth-order valence-electron chi connectivity index (χ4n) is 4.01. The Morgan fingerprint density at radius 3 is 2.96 bits per heavy atom. The Labute approximate surface area is 151 Å². The van der Waals surface area contributed by atoms with Gasteiger partial charge in [-0.25, -0.2) is 4.99 Å². The number of rotatable bonds is 2. The Balaban J connectivity index is 1.32. The topological polar surface area (TPSA) is 83.8 Å². The van der Waals surface area contributed by atoms with Crippen LogP contribution in [-0.2, 0) is 19.9 Å². The summed E-state index contributed by atoms with van der Waals surface area (Å²) in [5.74, 6) is 1.77. The van der Waals surface area contributed by atoms with Crippen molar-refractivity contribution in [2.45, 2.75) is 24.9 Å². The molecular weight excluding hydrogens is 326 g/mol. The van der Waals surface area contributed by atoms with Gasteiger partial charge in [-0.2, -0.15) is 5.10 Å². The number of fused-ring (bicyclic) bond motifs is 2. The maximum Gasteiger partial charge on any atom is 0.171 e. The molecule has 26 heavy (non-hydrogen) atoms. The first-order valence-electron chi connectivity index (χ1n) is 8.87. The molecule has 7 heteroatoms. The molecule has 0 fully saturated rings. The van der Waals surface area contributed by atoms with Crippen LogP contribution in [0.25, 0.3) is 0 Å². The standard InChI is InChI=1S/C19H21N7/c1-25-11-14(9-23-25)17-10-22-19-18(21-4-5-26(17)19)24-16-7-12-2-3-15(20)6-13(12)8-16/h2-6,9,11,16-17H,7-8,10,20H2,1H3,(H,21,24). The molecule has 0 bridgehead atoms. The molecule has 2 atom stereocenters. The van der Waals surface area contributed by atoms with Crippen LogP contribution in [0.5, 0.6) is 0 Å². The van der Waals surface area contributed by atoms with Gasteiger partial charge in [0.2, 0.25) is 0 Å². The zero-order valence-corrected chi connectivity index (χ0v) is 14.6. The molecule has 1 aromatic carbocycles. The van der Waals surface area contributed by atoms with E-state index in [0.29, 0.717) is 12.6 Å². The molecule has 3 heterocycles. The maximum atomic E-state index is 5.92. The van der Waals surface area contributed by atoms with Crippen LogP contribution in [0.2, 0.25) is 0 Å². The number of hydrogen-bond donors (Lipinski definition) is 2. The quantitative estimate of drug-likeness (QED) is 0.805. The molecule has 5 rings (SSSR count). The number of aliphatic imine (C=N–C) groups is 2. The molecule has 2 unspecified atom stereocenters. The number of benzene rings is 1. The van der Waals surface area contributed by atoms with Crippen LogP contribution in [0.3, 0.4) is 0 Å². The fraction of sp³-hybridized carbons (Fsp3) is 0.316. The molecule has 2 aliphatic heterocycles. The van der Waals surface area contributed by atoms with Gasteiger partial charge in [-0.15, -0.1) is 0 Å². The number of amidine groups is 2. The van der Waals surface area contributed by atoms with Gasteiger partial charge in [0.25, 0.3) is 0 Å². The minimum absolute atomic E-state index is 0.183. The van der Waals surface area contributed by atoms with E-state index < -0.39 is 0 Å². The molecule has 0 spiro atoms. The molecule has 0 radical (unpaired) electrons. The Hall–Kier alpha value is -3.09. The number of nitrogen functional groups attached to an aromatic ring is 1. The van der Waals surface area contributed by atoms with Gasteiger partial charge in [-0.05, 0) is 36.1 Å². The van der Waals surface area contributed by atoms with Crippen molar-refractivity contribution in [3.05, 3.63) is 59.7 Å². The number of anilines is 1. The second kappa shape index (κ2) is 5.72. The predicted molar refractivity (Wildman–Crippen MR) is 102 cm³/mol. The third-order valence-electron chi connectivity index (χ3n) is 5.25. The fourth-order valence-corrected chi connectivity index (χ4v) is 4.01. The van der Waals surface area contributed by atoms with Gasteiger partial charge in [-0.1, -0.05) is 6.07 Å². The van der Waals surface area contributed by atoms with Gasteiger partial charge < -0.3 is 16.0 Å². The van der Waals surface area contributed by atoms with Gasteiger partial charge >= 0.3 is 0 Å². The minimum Gasteiger partial charge on any atom is -0.399 e. The van der Waals surface area contributed by atoms with E-state index in [1.807, 2.05) is 42.6 Å². The summed E-state index contributed by atoms with van der Waals surface area (Å²) < 4.78 is 1.83. The third-order valence-corrected chi connectivity index (χ3v) is 5.25. The van der Waals surface area contributed by atoms with Crippen LogP contribution in [0.15, 0.2) is 53.0 Å². The molecule has 0 saturated heterocycles. The molecule has 3 aliphatic rings. The SMILES string of the molecule is Cn1cc(C2CN=C3C(NC4Cc5ccc(N)cc5C4)=NC=CN32)cn1. The number of hydrogen-bond acceptors (Lipinski definition) is 6. The Morgan fingerprint density at radius 1 is 1.23 bits per heavy atom. The van der Waals surface area contributed by atoms with Crippen molar-refractivity contribution in [2.24, 2.45) is 17.0 Å². The number of aromatic nitrogens is 2. The second-order valence-electron chi connectivity index (χ2n) is 7.09. The van der Waals surface area contributed by atoms with Crippen LogP contribution in [0.4, 0.5) is 5.69 Å². The van der Waals surface area contributed by atoms with E-state index in [0.717, 1.165) is 30.2 Å². The van der Waals surface area contributed by atoms with E-state index in [4.69, 9.17) is 10.7 Å². The normalized spacial score (nSPS) is 23.5. The lowest BCUT2D eigenvalue weighted by Gasteiger charge is -2.27. The first-order chi connectivity index (χ1) is 12.7. The highest BCUT2D eigenvalue weighted by molar-refractivity contribution is 6.41. The number of nitrogens with two attached hydrogens (primary N) is 1. The number of nitrogens with zero attached hydrogens (tertiary/aromatic N) is 5. The third kappa shape index (κ3) is 2.47. The van der Waals surface area contributed by atoms with Crippen molar-refractivity contribution in [2.75, 3.05) is 12.3 Å². The first kappa shape index (κ1) is 15.2. The van der Waals surface area contributed by atoms with E-state index in [1.165, 1.54) is 16.7 Å². The minimum atomic E-state index is 0.183. The van der Waals surface area contributed by atoms with Crippen LogP contribution in [0.1, 0.15) is 22.7 Å². The smallest absolute Gasteiger partial charge is 0.171 e. The van der Waals surface area contributed by atoms with E-state index in [9.17, 15) is 0 Å². The van der Waals surface area contributed by atoms with E-state index >= 15 is 0 Å². The summed E-state index contributed by atoms with van der Waals surface area (Å²) in [7, 11) is 1.94. The summed E-state index contributed by atoms with van der Waals surface area (Å²) in [6.07, 6.45) is 9.75. The average molecular weight is 347 g/mol. The Morgan fingerprint density at radius 2 is 2.12 bits per heavy atom. The van der Waals surface area contributed by atoms with Crippen molar-refractivity contribution < 1.29 is 0 Å². The van der Waals surface area contributed by atoms with Crippen molar-refractivity contribution >= 4 is 17.4 Å². The predicted octanol–water partition coefficient (Wildman–Crippen LogP) is 1.40. The first-order valence-corrected chi connectivity index (χ1v) is 8.87. The van der Waals surface area contributed by atoms with Crippen LogP contribution in [-0.4, -0.2) is 38.9 Å². The average Bonchev–Trinajstić information content (AvgIpc) is 3.32. The molecular formula is C19H21N7. The van der Waals surface area contributed by atoms with Crippen molar-refractivity contribution in [1.29, 1.82) is 0 Å². The van der Waals surface area contributed by atoms with Crippen LogP contribution >= 0.6 is 0 Å². The van der Waals surface area contributed by atoms with Gasteiger partial charge in [0.05, 0.1) is 18.8 Å². The van der Waals surface area contributed by atoms with Gasteiger partial charge in [0.1, 0.15) is 0 Å². The lowest BCUT2D eigenvalue weighted by atomic mass is 10.1. The Kier molecular flexibility index (Phi) is 3.34.